The third kappa shape index (κ3) is 1.98. The molecule has 0 aliphatic heterocycles. The van der Waals surface area contributed by atoms with Crippen LogP contribution in [0.2, 0.25) is 0 Å². The van der Waals surface area contributed by atoms with Gasteiger partial charge in [0, 0.05) is 5.56 Å². The quantitative estimate of drug-likeness (QED) is 0.584. The molecule has 0 aliphatic rings. The van der Waals surface area contributed by atoms with Gasteiger partial charge in [0.25, 0.3) is 0 Å². The summed E-state index contributed by atoms with van der Waals surface area (Å²) in [7, 11) is 1.62. The lowest BCUT2D eigenvalue weighted by Crippen LogP contribution is -1.84. The first-order valence-electron chi connectivity index (χ1n) is 3.33. The Morgan fingerprint density at radius 3 is 3.00 bits per heavy atom. The first-order valence-corrected chi connectivity index (χ1v) is 3.33. The highest BCUT2D eigenvalue weighted by Gasteiger charge is 1.95. The van der Waals surface area contributed by atoms with E-state index >= 15 is 0 Å². The Morgan fingerprint density at radius 1 is 1.55 bits per heavy atom. The fraction of sp³-hybridized carbons (Fsp3) is 0.222. The first kappa shape index (κ1) is 7.62. The average Bonchev–Trinajstić information content (AvgIpc) is 2.06. The van der Waals surface area contributed by atoms with Gasteiger partial charge >= 0.3 is 0 Å². The summed E-state index contributed by atoms with van der Waals surface area (Å²) < 4.78 is 5.00. The molecule has 0 unspecified atom stereocenters. The molecule has 0 saturated carbocycles. The average molecular weight is 147 g/mol. The largest absolute Gasteiger partial charge is 0.497 e. The summed E-state index contributed by atoms with van der Waals surface area (Å²) >= 11 is 0. The van der Waals surface area contributed by atoms with Crippen LogP contribution in [0.3, 0.4) is 0 Å². The zero-order chi connectivity index (χ0) is 8.10. The Balaban J connectivity index is 2.84. The van der Waals surface area contributed by atoms with Crippen LogP contribution in [0, 0.1) is 6.57 Å². The molecule has 0 atom stereocenters. The van der Waals surface area contributed by atoms with Crippen LogP contribution in [-0.4, -0.2) is 7.11 Å². The van der Waals surface area contributed by atoms with E-state index in [9.17, 15) is 0 Å². The van der Waals surface area contributed by atoms with E-state index in [0.717, 1.165) is 11.3 Å². The highest BCUT2D eigenvalue weighted by molar-refractivity contribution is 5.28. The van der Waals surface area contributed by atoms with Gasteiger partial charge in [0.1, 0.15) is 5.75 Å². The van der Waals surface area contributed by atoms with Crippen molar-refractivity contribution < 1.29 is 4.74 Å². The predicted octanol–water partition coefficient (Wildman–Crippen LogP) is 2.11. The van der Waals surface area contributed by atoms with Gasteiger partial charge in [0.2, 0.25) is 6.54 Å². The summed E-state index contributed by atoms with van der Waals surface area (Å²) in [5, 5.41) is 0. The molecule has 11 heavy (non-hydrogen) atoms. The molecule has 2 heteroatoms. The summed E-state index contributed by atoms with van der Waals surface area (Å²) in [4.78, 5) is 3.28. The minimum atomic E-state index is 0.428. The monoisotopic (exact) mass is 147 g/mol. The van der Waals surface area contributed by atoms with Crippen LogP contribution in [0.1, 0.15) is 5.56 Å². The standard InChI is InChI=1S/C9H9NO/c1-10-7-8-4-3-5-9(6-8)11-2/h3-6H,7H2,2H3. The molecular weight excluding hydrogens is 138 g/mol. The second kappa shape index (κ2) is 3.62. The van der Waals surface area contributed by atoms with Crippen molar-refractivity contribution in [3.63, 3.8) is 0 Å². The van der Waals surface area contributed by atoms with E-state index in [1.807, 2.05) is 24.3 Å². The summed E-state index contributed by atoms with van der Waals surface area (Å²) in [5.74, 6) is 0.811. The van der Waals surface area contributed by atoms with Gasteiger partial charge in [-0.05, 0) is 12.1 Å². The van der Waals surface area contributed by atoms with E-state index in [4.69, 9.17) is 11.3 Å². The highest BCUT2D eigenvalue weighted by Crippen LogP contribution is 2.12. The second-order valence-electron chi connectivity index (χ2n) is 2.17. The molecular formula is C9H9NO. The number of methoxy groups -OCH3 is 1. The van der Waals surface area contributed by atoms with E-state index in [1.54, 1.807) is 7.11 Å². The maximum absolute atomic E-state index is 6.65. The van der Waals surface area contributed by atoms with Gasteiger partial charge in [0.05, 0.1) is 7.11 Å². The summed E-state index contributed by atoms with van der Waals surface area (Å²) in [6.07, 6.45) is 0. The van der Waals surface area contributed by atoms with E-state index in [0.29, 0.717) is 6.54 Å². The Labute approximate surface area is 66.2 Å². The van der Waals surface area contributed by atoms with Gasteiger partial charge in [-0.2, -0.15) is 0 Å². The molecule has 0 amide bonds. The van der Waals surface area contributed by atoms with Crippen molar-refractivity contribution in [2.45, 2.75) is 6.54 Å². The lowest BCUT2D eigenvalue weighted by atomic mass is 10.2. The normalized spacial score (nSPS) is 8.73. The van der Waals surface area contributed by atoms with Gasteiger partial charge in [-0.1, -0.05) is 12.1 Å². The number of rotatable bonds is 2. The number of nitrogens with zero attached hydrogens (tertiary/aromatic N) is 1. The van der Waals surface area contributed by atoms with Crippen molar-refractivity contribution in [3.8, 4) is 5.75 Å². The van der Waals surface area contributed by atoms with Gasteiger partial charge in [-0.15, -0.1) is 0 Å². The minimum absolute atomic E-state index is 0.428. The van der Waals surface area contributed by atoms with Gasteiger partial charge in [-0.3, -0.25) is 0 Å². The molecule has 0 heterocycles. The number of hydrogen-bond donors (Lipinski definition) is 0. The first-order chi connectivity index (χ1) is 5.36. The molecule has 1 rings (SSSR count). The van der Waals surface area contributed by atoms with Crippen LogP contribution < -0.4 is 4.74 Å². The summed E-state index contributed by atoms with van der Waals surface area (Å²) in [6.45, 7) is 7.08. The van der Waals surface area contributed by atoms with E-state index in [2.05, 4.69) is 4.85 Å². The molecule has 1 aromatic carbocycles. The Morgan fingerprint density at radius 2 is 2.36 bits per heavy atom. The molecule has 1 aromatic rings. The van der Waals surface area contributed by atoms with Gasteiger partial charge < -0.3 is 9.58 Å². The van der Waals surface area contributed by atoms with Crippen molar-refractivity contribution in [3.05, 3.63) is 41.2 Å². The lowest BCUT2D eigenvalue weighted by molar-refractivity contribution is 0.414. The number of hydrogen-bond acceptors (Lipinski definition) is 1. The zero-order valence-corrected chi connectivity index (χ0v) is 6.37. The molecule has 56 valence electrons. The molecule has 0 aliphatic carbocycles. The van der Waals surface area contributed by atoms with Crippen LogP contribution >= 0.6 is 0 Å². The second-order valence-corrected chi connectivity index (χ2v) is 2.17. The van der Waals surface area contributed by atoms with Gasteiger partial charge in [0.15, 0.2) is 0 Å². The Kier molecular flexibility index (Phi) is 2.51. The van der Waals surface area contributed by atoms with E-state index in [1.165, 1.54) is 0 Å². The Hall–Kier alpha value is -1.49. The number of ether oxygens (including phenoxy) is 1. The van der Waals surface area contributed by atoms with Gasteiger partial charge in [-0.25, -0.2) is 6.57 Å². The molecule has 0 radical (unpaired) electrons. The van der Waals surface area contributed by atoms with Crippen molar-refractivity contribution in [1.29, 1.82) is 0 Å². The van der Waals surface area contributed by atoms with E-state index < -0.39 is 0 Å². The van der Waals surface area contributed by atoms with Crippen molar-refractivity contribution >= 4 is 0 Å². The van der Waals surface area contributed by atoms with E-state index in [-0.39, 0.29) is 0 Å². The highest BCUT2D eigenvalue weighted by atomic mass is 16.5. The molecule has 0 N–H and O–H groups in total. The van der Waals surface area contributed by atoms with Crippen LogP contribution in [0.15, 0.2) is 24.3 Å². The smallest absolute Gasteiger partial charge is 0.239 e. The predicted molar refractivity (Wildman–Crippen MR) is 43.3 cm³/mol. The van der Waals surface area contributed by atoms with Crippen LogP contribution in [0.4, 0.5) is 0 Å². The topological polar surface area (TPSA) is 13.6 Å². The molecule has 0 bridgehead atoms. The number of benzene rings is 1. The zero-order valence-electron chi connectivity index (χ0n) is 6.37. The molecule has 0 spiro atoms. The molecule has 0 saturated heterocycles. The fourth-order valence-electron chi connectivity index (χ4n) is 0.862. The molecule has 0 aromatic heterocycles. The maximum atomic E-state index is 6.65. The Bertz CT molecular complexity index is 275. The molecule has 0 fully saturated rings. The minimum Gasteiger partial charge on any atom is -0.497 e. The van der Waals surface area contributed by atoms with Crippen LogP contribution in [-0.2, 0) is 6.54 Å². The lowest BCUT2D eigenvalue weighted by Gasteiger charge is -1.98. The maximum Gasteiger partial charge on any atom is 0.239 e. The fourth-order valence-corrected chi connectivity index (χ4v) is 0.862. The van der Waals surface area contributed by atoms with Crippen molar-refractivity contribution in [2.24, 2.45) is 0 Å². The third-order valence-corrected chi connectivity index (χ3v) is 1.40. The summed E-state index contributed by atoms with van der Waals surface area (Å²) in [5.41, 5.74) is 0.999. The summed E-state index contributed by atoms with van der Waals surface area (Å²) in [6, 6.07) is 7.55. The SMILES string of the molecule is [C-]#[N+]Cc1cccc(OC)c1. The molecule has 2 nitrogen and oxygen atoms in total. The van der Waals surface area contributed by atoms with Crippen LogP contribution in [0.5, 0.6) is 5.75 Å². The van der Waals surface area contributed by atoms with Crippen LogP contribution in [0.25, 0.3) is 4.85 Å². The van der Waals surface area contributed by atoms with Crippen molar-refractivity contribution in [2.75, 3.05) is 7.11 Å². The third-order valence-electron chi connectivity index (χ3n) is 1.40. The van der Waals surface area contributed by atoms with Crippen molar-refractivity contribution in [1.82, 2.24) is 0 Å².